The number of nitrogens with one attached hydrogen (secondary N) is 1. The van der Waals surface area contributed by atoms with E-state index in [-0.39, 0.29) is 17.5 Å². The van der Waals surface area contributed by atoms with Crippen LogP contribution in [-0.2, 0) is 4.79 Å². The summed E-state index contributed by atoms with van der Waals surface area (Å²) < 4.78 is 14.0. The average molecular weight is 272 g/mol. The number of hydrogen-bond acceptors (Lipinski definition) is 1. The lowest BCUT2D eigenvalue weighted by Crippen LogP contribution is -2.15. The lowest BCUT2D eigenvalue weighted by molar-refractivity contribution is -0.117. The molecular weight excluding hydrogens is 261 g/mol. The van der Waals surface area contributed by atoms with Crippen LogP contribution in [0, 0.1) is 17.7 Å². The van der Waals surface area contributed by atoms with Crippen molar-refractivity contribution in [1.29, 1.82) is 0 Å². The molecule has 2 nitrogen and oxygen atoms in total. The van der Waals surface area contributed by atoms with Crippen LogP contribution >= 0.6 is 15.9 Å². The Balaban J connectivity index is 2.07. The molecule has 1 N–H and O–H groups in total. The summed E-state index contributed by atoms with van der Waals surface area (Å²) in [5.74, 6) is 0.00584. The first-order valence-electron chi connectivity index (χ1n) is 4.84. The van der Waals surface area contributed by atoms with E-state index in [4.69, 9.17) is 0 Å². The van der Waals surface area contributed by atoms with Crippen molar-refractivity contribution >= 4 is 27.5 Å². The molecule has 0 heterocycles. The zero-order chi connectivity index (χ0) is 11.0. The molecular formula is C11H11BrFNO. The summed E-state index contributed by atoms with van der Waals surface area (Å²) in [5.41, 5.74) is 0.252. The monoisotopic (exact) mass is 271 g/mol. The van der Waals surface area contributed by atoms with Gasteiger partial charge in [0.25, 0.3) is 0 Å². The minimum absolute atomic E-state index is 0.0630. The van der Waals surface area contributed by atoms with E-state index in [9.17, 15) is 9.18 Å². The molecule has 80 valence electrons. The molecule has 1 aromatic carbocycles. The molecule has 2 atom stereocenters. The predicted molar refractivity (Wildman–Crippen MR) is 60.0 cm³/mol. The number of anilines is 1. The Morgan fingerprint density at radius 2 is 2.27 bits per heavy atom. The van der Waals surface area contributed by atoms with Gasteiger partial charge in [-0.2, -0.15) is 0 Å². The van der Waals surface area contributed by atoms with Crippen molar-refractivity contribution in [3.8, 4) is 0 Å². The van der Waals surface area contributed by atoms with Gasteiger partial charge in [0, 0.05) is 10.4 Å². The van der Waals surface area contributed by atoms with Crippen LogP contribution < -0.4 is 5.32 Å². The molecule has 0 radical (unpaired) electrons. The van der Waals surface area contributed by atoms with E-state index in [1.165, 1.54) is 6.07 Å². The SMILES string of the molecule is C[C@@H]1C[C@H]1C(=O)Nc1ccc(Br)cc1F. The van der Waals surface area contributed by atoms with Gasteiger partial charge in [-0.15, -0.1) is 0 Å². The van der Waals surface area contributed by atoms with E-state index in [1.807, 2.05) is 6.92 Å². The zero-order valence-corrected chi connectivity index (χ0v) is 9.84. The lowest BCUT2D eigenvalue weighted by atomic mass is 10.2. The van der Waals surface area contributed by atoms with E-state index in [0.717, 1.165) is 6.42 Å². The first kappa shape index (κ1) is 10.6. The normalized spacial score (nSPS) is 23.7. The maximum atomic E-state index is 13.3. The molecule has 1 aliphatic rings. The molecule has 1 aliphatic carbocycles. The second-order valence-electron chi connectivity index (χ2n) is 3.93. The van der Waals surface area contributed by atoms with Crippen molar-refractivity contribution in [3.05, 3.63) is 28.5 Å². The molecule has 0 aromatic heterocycles. The highest BCUT2D eigenvalue weighted by Gasteiger charge is 2.39. The van der Waals surface area contributed by atoms with Gasteiger partial charge in [-0.05, 0) is 30.5 Å². The fraction of sp³-hybridized carbons (Fsp3) is 0.364. The predicted octanol–water partition coefficient (Wildman–Crippen LogP) is 3.18. The number of halogens is 2. The highest BCUT2D eigenvalue weighted by Crippen LogP contribution is 2.38. The number of carbonyl (C=O) groups excluding carboxylic acids is 1. The molecule has 0 saturated heterocycles. The van der Waals surface area contributed by atoms with Crippen molar-refractivity contribution < 1.29 is 9.18 Å². The minimum Gasteiger partial charge on any atom is -0.323 e. The van der Waals surface area contributed by atoms with Crippen LogP contribution in [0.1, 0.15) is 13.3 Å². The van der Waals surface area contributed by atoms with Crippen LogP contribution in [0.3, 0.4) is 0 Å². The summed E-state index contributed by atoms with van der Waals surface area (Å²) in [5, 5.41) is 2.60. The molecule has 1 saturated carbocycles. The maximum absolute atomic E-state index is 13.3. The Kier molecular flexibility index (Phi) is 2.78. The van der Waals surface area contributed by atoms with Gasteiger partial charge in [0.05, 0.1) is 5.69 Å². The molecule has 0 aliphatic heterocycles. The Labute approximate surface area is 96.0 Å². The van der Waals surface area contributed by atoms with Crippen LogP contribution in [0.25, 0.3) is 0 Å². The van der Waals surface area contributed by atoms with Gasteiger partial charge in [0.1, 0.15) is 5.82 Å². The lowest BCUT2D eigenvalue weighted by Gasteiger charge is -2.05. The number of carbonyl (C=O) groups is 1. The van der Waals surface area contributed by atoms with Crippen molar-refractivity contribution in [3.63, 3.8) is 0 Å². The van der Waals surface area contributed by atoms with Crippen molar-refractivity contribution in [2.45, 2.75) is 13.3 Å². The third-order valence-corrected chi connectivity index (χ3v) is 3.13. The quantitative estimate of drug-likeness (QED) is 0.880. The first-order chi connectivity index (χ1) is 7.08. The van der Waals surface area contributed by atoms with Crippen LogP contribution in [0.2, 0.25) is 0 Å². The second-order valence-corrected chi connectivity index (χ2v) is 4.85. The summed E-state index contributed by atoms with van der Waals surface area (Å²) in [6.45, 7) is 2.02. The smallest absolute Gasteiger partial charge is 0.227 e. The fourth-order valence-corrected chi connectivity index (χ4v) is 1.84. The Morgan fingerprint density at radius 3 is 2.80 bits per heavy atom. The topological polar surface area (TPSA) is 29.1 Å². The molecule has 1 amide bonds. The first-order valence-corrected chi connectivity index (χ1v) is 5.63. The Hall–Kier alpha value is -0.900. The number of hydrogen-bond donors (Lipinski definition) is 1. The van der Waals surface area contributed by atoms with Gasteiger partial charge in [-0.25, -0.2) is 4.39 Å². The largest absolute Gasteiger partial charge is 0.323 e. The number of amides is 1. The maximum Gasteiger partial charge on any atom is 0.227 e. The van der Waals surface area contributed by atoms with Crippen LogP contribution in [-0.4, -0.2) is 5.91 Å². The van der Waals surface area contributed by atoms with E-state index in [0.29, 0.717) is 10.4 Å². The van der Waals surface area contributed by atoms with E-state index < -0.39 is 5.82 Å². The molecule has 1 fully saturated rings. The van der Waals surface area contributed by atoms with Gasteiger partial charge < -0.3 is 5.32 Å². The third-order valence-electron chi connectivity index (χ3n) is 2.64. The molecule has 15 heavy (non-hydrogen) atoms. The van der Waals surface area contributed by atoms with Gasteiger partial charge in [-0.3, -0.25) is 4.79 Å². The van der Waals surface area contributed by atoms with E-state index in [2.05, 4.69) is 21.2 Å². The van der Waals surface area contributed by atoms with Crippen LogP contribution in [0.4, 0.5) is 10.1 Å². The van der Waals surface area contributed by atoms with Crippen LogP contribution in [0.15, 0.2) is 22.7 Å². The van der Waals surface area contributed by atoms with Gasteiger partial charge in [0.2, 0.25) is 5.91 Å². The number of rotatable bonds is 2. The third kappa shape index (κ3) is 2.37. The molecule has 2 rings (SSSR count). The van der Waals surface area contributed by atoms with Crippen LogP contribution in [0.5, 0.6) is 0 Å². The zero-order valence-electron chi connectivity index (χ0n) is 8.26. The summed E-state index contributed by atoms with van der Waals surface area (Å²) in [6, 6.07) is 4.60. The summed E-state index contributed by atoms with van der Waals surface area (Å²) >= 11 is 3.16. The van der Waals surface area contributed by atoms with Gasteiger partial charge >= 0.3 is 0 Å². The summed E-state index contributed by atoms with van der Waals surface area (Å²) in [7, 11) is 0. The Morgan fingerprint density at radius 1 is 1.60 bits per heavy atom. The number of benzene rings is 1. The fourth-order valence-electron chi connectivity index (χ4n) is 1.50. The molecule has 0 bridgehead atoms. The minimum atomic E-state index is -0.411. The summed E-state index contributed by atoms with van der Waals surface area (Å²) in [4.78, 5) is 11.5. The highest BCUT2D eigenvalue weighted by molar-refractivity contribution is 9.10. The molecule has 0 unspecified atom stereocenters. The van der Waals surface area contributed by atoms with E-state index >= 15 is 0 Å². The van der Waals surface area contributed by atoms with Crippen molar-refractivity contribution in [2.24, 2.45) is 11.8 Å². The van der Waals surface area contributed by atoms with E-state index in [1.54, 1.807) is 12.1 Å². The molecule has 0 spiro atoms. The molecule has 4 heteroatoms. The highest BCUT2D eigenvalue weighted by atomic mass is 79.9. The summed E-state index contributed by atoms with van der Waals surface area (Å²) in [6.07, 6.45) is 0.907. The average Bonchev–Trinajstić information content (AvgIpc) is 2.88. The molecule has 1 aromatic rings. The standard InChI is InChI=1S/C11H11BrFNO/c1-6-4-8(6)11(15)14-10-3-2-7(12)5-9(10)13/h2-3,5-6,8H,4H2,1H3,(H,14,15)/t6-,8-/m1/s1. The van der Waals surface area contributed by atoms with Crippen molar-refractivity contribution in [1.82, 2.24) is 0 Å². The van der Waals surface area contributed by atoms with Gasteiger partial charge in [-0.1, -0.05) is 22.9 Å². The second kappa shape index (κ2) is 3.93. The van der Waals surface area contributed by atoms with Crippen molar-refractivity contribution in [2.75, 3.05) is 5.32 Å². The van der Waals surface area contributed by atoms with Gasteiger partial charge in [0.15, 0.2) is 0 Å². The Bertz CT molecular complexity index is 408.